The third-order valence-electron chi connectivity index (χ3n) is 1.46. The van der Waals surface area contributed by atoms with Gasteiger partial charge in [-0.15, -0.1) is 11.3 Å². The van der Waals surface area contributed by atoms with E-state index in [9.17, 15) is 4.79 Å². The van der Waals surface area contributed by atoms with Crippen molar-refractivity contribution in [2.24, 2.45) is 0 Å². The predicted octanol–water partition coefficient (Wildman–Crippen LogP) is 2.35. The molecule has 4 heteroatoms. The topological polar surface area (TPSA) is 32.9 Å². The molecule has 2 aromatic rings. The number of pyridine rings is 1. The predicted molar refractivity (Wildman–Crippen MR) is 50.1 cm³/mol. The quantitative estimate of drug-likeness (QED) is 0.740. The first kappa shape index (κ1) is 7.06. The van der Waals surface area contributed by atoms with E-state index < -0.39 is 0 Å². The zero-order chi connectivity index (χ0) is 7.84. The fourth-order valence-electron chi connectivity index (χ4n) is 0.923. The number of H-pyrrole nitrogens is 1. The summed E-state index contributed by atoms with van der Waals surface area (Å²) in [5.41, 5.74) is 0.0556. The van der Waals surface area contributed by atoms with Gasteiger partial charge in [0.2, 0.25) is 5.43 Å². The van der Waals surface area contributed by atoms with Gasteiger partial charge >= 0.3 is 0 Å². The van der Waals surface area contributed by atoms with Crippen LogP contribution in [0.25, 0.3) is 10.2 Å². The van der Waals surface area contributed by atoms with Gasteiger partial charge in [0.15, 0.2) is 0 Å². The number of halogens is 1. The van der Waals surface area contributed by atoms with E-state index in [2.05, 4.69) is 20.9 Å². The van der Waals surface area contributed by atoms with Crippen LogP contribution in [0, 0.1) is 0 Å². The van der Waals surface area contributed by atoms with Crippen molar-refractivity contribution in [1.82, 2.24) is 4.98 Å². The SMILES string of the molecule is O=c1c(Br)c[nH]c2sccc12. The van der Waals surface area contributed by atoms with Crippen LogP contribution in [0.2, 0.25) is 0 Å². The molecule has 2 aromatic heterocycles. The van der Waals surface area contributed by atoms with E-state index in [0.717, 1.165) is 10.2 Å². The van der Waals surface area contributed by atoms with Crippen LogP contribution in [0.15, 0.2) is 26.9 Å². The van der Waals surface area contributed by atoms with Gasteiger partial charge in [0.05, 0.1) is 9.86 Å². The second-order valence-electron chi connectivity index (χ2n) is 2.13. The summed E-state index contributed by atoms with van der Waals surface area (Å²) in [4.78, 5) is 15.3. The molecule has 56 valence electrons. The monoisotopic (exact) mass is 229 g/mol. The van der Waals surface area contributed by atoms with Crippen LogP contribution < -0.4 is 5.43 Å². The van der Waals surface area contributed by atoms with Crippen LogP contribution in [0.1, 0.15) is 0 Å². The maximum absolute atomic E-state index is 11.3. The maximum Gasteiger partial charge on any atom is 0.204 e. The minimum atomic E-state index is 0.0556. The van der Waals surface area contributed by atoms with Crippen LogP contribution >= 0.6 is 27.3 Å². The molecule has 0 saturated carbocycles. The second kappa shape index (κ2) is 2.46. The molecule has 0 unspecified atom stereocenters. The third-order valence-corrected chi connectivity index (χ3v) is 2.89. The third kappa shape index (κ3) is 1.02. The fraction of sp³-hybridized carbons (Fsp3) is 0. The summed E-state index contributed by atoms with van der Waals surface area (Å²) < 4.78 is 0.586. The summed E-state index contributed by atoms with van der Waals surface area (Å²) >= 11 is 4.70. The van der Waals surface area contributed by atoms with Crippen LogP contribution in [-0.2, 0) is 0 Å². The van der Waals surface area contributed by atoms with Crippen molar-refractivity contribution in [2.75, 3.05) is 0 Å². The van der Waals surface area contributed by atoms with Crippen LogP contribution in [0.4, 0.5) is 0 Å². The smallest absolute Gasteiger partial charge is 0.204 e. The molecule has 11 heavy (non-hydrogen) atoms. The maximum atomic E-state index is 11.3. The number of aromatic amines is 1. The van der Waals surface area contributed by atoms with Crippen molar-refractivity contribution in [2.45, 2.75) is 0 Å². The molecule has 0 radical (unpaired) electrons. The Kier molecular flexibility index (Phi) is 1.58. The summed E-state index contributed by atoms with van der Waals surface area (Å²) in [7, 11) is 0. The molecular formula is C7H4BrNOS. The second-order valence-corrected chi connectivity index (χ2v) is 3.90. The number of thiophene rings is 1. The van der Waals surface area contributed by atoms with Gasteiger partial charge in [0, 0.05) is 6.20 Å². The number of hydrogen-bond donors (Lipinski definition) is 1. The molecule has 0 atom stereocenters. The highest BCUT2D eigenvalue weighted by Gasteiger charge is 2.01. The molecule has 0 aliphatic carbocycles. The molecule has 0 aromatic carbocycles. The van der Waals surface area contributed by atoms with E-state index in [-0.39, 0.29) is 5.43 Å². The first-order valence-electron chi connectivity index (χ1n) is 3.03. The lowest BCUT2D eigenvalue weighted by Crippen LogP contribution is -2.00. The van der Waals surface area contributed by atoms with Crippen molar-refractivity contribution < 1.29 is 0 Å². The first-order chi connectivity index (χ1) is 5.29. The average molecular weight is 230 g/mol. The molecule has 0 fully saturated rings. The molecule has 2 heterocycles. The number of rotatable bonds is 0. The van der Waals surface area contributed by atoms with Crippen LogP contribution in [0.3, 0.4) is 0 Å². The largest absolute Gasteiger partial charge is 0.352 e. The summed E-state index contributed by atoms with van der Waals surface area (Å²) in [6.07, 6.45) is 1.67. The highest BCUT2D eigenvalue weighted by atomic mass is 79.9. The van der Waals surface area contributed by atoms with E-state index >= 15 is 0 Å². The Hall–Kier alpha value is -0.610. The molecule has 0 aliphatic heterocycles. The summed E-state index contributed by atoms with van der Waals surface area (Å²) in [5.74, 6) is 0. The Bertz CT molecular complexity index is 445. The average Bonchev–Trinajstić information content (AvgIpc) is 2.45. The first-order valence-corrected chi connectivity index (χ1v) is 4.70. The molecular weight excluding hydrogens is 226 g/mol. The summed E-state index contributed by atoms with van der Waals surface area (Å²) in [6.45, 7) is 0. The van der Waals surface area contributed by atoms with Gasteiger partial charge in [-0.3, -0.25) is 4.79 Å². The molecule has 0 amide bonds. The molecule has 1 N–H and O–H groups in total. The summed E-state index contributed by atoms with van der Waals surface area (Å²) in [6, 6.07) is 1.82. The van der Waals surface area contributed by atoms with Gasteiger partial charge in [-0.05, 0) is 27.4 Å². The van der Waals surface area contributed by atoms with E-state index in [0.29, 0.717) is 4.47 Å². The Labute approximate surface area is 75.0 Å². The number of nitrogens with one attached hydrogen (secondary N) is 1. The Morgan fingerprint density at radius 1 is 1.55 bits per heavy atom. The van der Waals surface area contributed by atoms with E-state index in [4.69, 9.17) is 0 Å². The molecule has 0 aliphatic rings. The van der Waals surface area contributed by atoms with Gasteiger partial charge in [-0.1, -0.05) is 0 Å². The fourth-order valence-corrected chi connectivity index (χ4v) is 2.01. The van der Waals surface area contributed by atoms with Crippen LogP contribution in [-0.4, -0.2) is 4.98 Å². The van der Waals surface area contributed by atoms with E-state index in [1.165, 1.54) is 11.3 Å². The van der Waals surface area contributed by atoms with Crippen molar-refractivity contribution in [3.63, 3.8) is 0 Å². The highest BCUT2D eigenvalue weighted by Crippen LogP contribution is 2.16. The molecule has 0 bridgehead atoms. The highest BCUT2D eigenvalue weighted by molar-refractivity contribution is 9.10. The van der Waals surface area contributed by atoms with Gasteiger partial charge in [-0.25, -0.2) is 0 Å². The van der Waals surface area contributed by atoms with Crippen molar-refractivity contribution in [3.05, 3.63) is 32.3 Å². The lowest BCUT2D eigenvalue weighted by Gasteiger charge is -1.89. The number of fused-ring (bicyclic) bond motifs is 1. The zero-order valence-electron chi connectivity index (χ0n) is 5.43. The van der Waals surface area contributed by atoms with Crippen molar-refractivity contribution >= 4 is 37.5 Å². The zero-order valence-corrected chi connectivity index (χ0v) is 7.83. The molecule has 0 spiro atoms. The Balaban J connectivity index is 3.05. The molecule has 2 rings (SSSR count). The number of aromatic nitrogens is 1. The van der Waals surface area contributed by atoms with Crippen molar-refractivity contribution in [1.29, 1.82) is 0 Å². The summed E-state index contributed by atoms with van der Waals surface area (Å²) in [5, 5.41) is 2.65. The van der Waals surface area contributed by atoms with Gasteiger partial charge in [-0.2, -0.15) is 0 Å². The minimum Gasteiger partial charge on any atom is -0.352 e. The van der Waals surface area contributed by atoms with Gasteiger partial charge in [0.25, 0.3) is 0 Å². The Morgan fingerprint density at radius 2 is 2.36 bits per heavy atom. The lowest BCUT2D eigenvalue weighted by atomic mass is 10.3. The number of hydrogen-bond acceptors (Lipinski definition) is 2. The van der Waals surface area contributed by atoms with Crippen LogP contribution in [0.5, 0.6) is 0 Å². The van der Waals surface area contributed by atoms with Crippen molar-refractivity contribution in [3.8, 4) is 0 Å². The van der Waals surface area contributed by atoms with Gasteiger partial charge < -0.3 is 4.98 Å². The normalized spacial score (nSPS) is 10.6. The van der Waals surface area contributed by atoms with E-state index in [1.807, 2.05) is 11.4 Å². The minimum absolute atomic E-state index is 0.0556. The standard InChI is InChI=1S/C7H4BrNOS/c8-5-3-9-7-4(6(5)10)1-2-11-7/h1-3H,(H,9,10). The van der Waals surface area contributed by atoms with Gasteiger partial charge in [0.1, 0.15) is 4.83 Å². The molecule has 0 saturated heterocycles. The van der Waals surface area contributed by atoms with E-state index in [1.54, 1.807) is 6.20 Å². The lowest BCUT2D eigenvalue weighted by molar-refractivity contribution is 1.39. The molecule has 2 nitrogen and oxygen atoms in total. The Morgan fingerprint density at radius 3 is 3.18 bits per heavy atom.